The molecule has 2 aliphatic heterocycles. The van der Waals surface area contributed by atoms with Gasteiger partial charge in [-0.15, -0.1) is 0 Å². The van der Waals surface area contributed by atoms with Gasteiger partial charge in [0.1, 0.15) is 12.2 Å². The van der Waals surface area contributed by atoms with Crippen molar-refractivity contribution in [1.82, 2.24) is 0 Å². The van der Waals surface area contributed by atoms with Gasteiger partial charge in [-0.2, -0.15) is 0 Å². The zero-order valence-electron chi connectivity index (χ0n) is 14.9. The molecule has 0 amide bonds. The summed E-state index contributed by atoms with van der Waals surface area (Å²) < 4.78 is 16.5. The molecule has 2 aliphatic carbocycles. The van der Waals surface area contributed by atoms with Crippen molar-refractivity contribution in [2.45, 2.75) is 57.8 Å². The van der Waals surface area contributed by atoms with Gasteiger partial charge in [0.05, 0.1) is 29.5 Å². The van der Waals surface area contributed by atoms with Gasteiger partial charge in [0.25, 0.3) is 0 Å². The Hall–Kier alpha value is -2.08. The first-order valence-corrected chi connectivity index (χ1v) is 9.22. The minimum atomic E-state index is -0.835. The summed E-state index contributed by atoms with van der Waals surface area (Å²) in [6, 6.07) is 1.81. The number of ether oxygens (including phenoxy) is 2. The summed E-state index contributed by atoms with van der Waals surface area (Å²) >= 11 is 0. The van der Waals surface area contributed by atoms with Crippen LogP contribution in [0.25, 0.3) is 0 Å². The Bertz CT molecular complexity index is 823. The van der Waals surface area contributed by atoms with Gasteiger partial charge in [-0.3, -0.25) is 9.59 Å². The van der Waals surface area contributed by atoms with Gasteiger partial charge >= 0.3 is 11.9 Å². The van der Waals surface area contributed by atoms with Crippen molar-refractivity contribution in [1.29, 1.82) is 0 Å². The lowest BCUT2D eigenvalue weighted by Crippen LogP contribution is -2.48. The Morgan fingerprint density at radius 2 is 2.00 bits per heavy atom. The van der Waals surface area contributed by atoms with Gasteiger partial charge in [0.15, 0.2) is 0 Å². The second-order valence-corrected chi connectivity index (χ2v) is 8.44. The third-order valence-electron chi connectivity index (χ3n) is 7.04. The van der Waals surface area contributed by atoms with E-state index in [2.05, 4.69) is 0 Å². The van der Waals surface area contributed by atoms with Crippen LogP contribution in [0.4, 0.5) is 0 Å². The number of hydrogen-bond acceptors (Lipinski definition) is 6. The molecule has 4 aliphatic rings. The van der Waals surface area contributed by atoms with E-state index in [1.165, 1.54) is 0 Å². The Morgan fingerprint density at radius 3 is 2.73 bits per heavy atom. The van der Waals surface area contributed by atoms with E-state index in [4.69, 9.17) is 13.9 Å². The molecule has 26 heavy (non-hydrogen) atoms. The minimum absolute atomic E-state index is 0.0724. The first kappa shape index (κ1) is 16.1. The standard InChI is InChI=1S/C20H22O6/c1-10-5-14(21)16-13(6-12-7-19(16,2)17(22)25-12)20(10)8-15(26-18(20)23)11-3-4-24-9-11/h3-4,9-10,12,14-15,21H,5-8H2,1-2H3/t10-,12-,14-,15+,19+,20-/m1/s1. The van der Waals surface area contributed by atoms with Crippen LogP contribution < -0.4 is 0 Å². The second kappa shape index (κ2) is 5.00. The van der Waals surface area contributed by atoms with E-state index >= 15 is 0 Å². The lowest BCUT2D eigenvalue weighted by molar-refractivity contribution is -0.150. The fourth-order valence-electron chi connectivity index (χ4n) is 5.75. The normalized spacial score (nSPS) is 44.3. The first-order chi connectivity index (χ1) is 12.4. The summed E-state index contributed by atoms with van der Waals surface area (Å²) in [5, 5.41) is 10.8. The molecule has 2 saturated heterocycles. The van der Waals surface area contributed by atoms with Crippen LogP contribution in [0.15, 0.2) is 34.2 Å². The molecule has 1 spiro atoms. The van der Waals surface area contributed by atoms with Crippen molar-refractivity contribution in [3.63, 3.8) is 0 Å². The molecule has 3 heterocycles. The molecule has 2 bridgehead atoms. The average molecular weight is 358 g/mol. The van der Waals surface area contributed by atoms with Crippen LogP contribution in [0.5, 0.6) is 0 Å². The molecule has 0 aromatic carbocycles. The molecule has 6 heteroatoms. The molecule has 6 atom stereocenters. The summed E-state index contributed by atoms with van der Waals surface area (Å²) in [7, 11) is 0. The molecule has 0 saturated carbocycles. The number of furan rings is 1. The van der Waals surface area contributed by atoms with E-state index in [1.54, 1.807) is 12.5 Å². The highest BCUT2D eigenvalue weighted by molar-refractivity contribution is 5.88. The second-order valence-electron chi connectivity index (χ2n) is 8.44. The summed E-state index contributed by atoms with van der Waals surface area (Å²) in [6.07, 6.45) is 3.90. The smallest absolute Gasteiger partial charge is 0.317 e. The fourth-order valence-corrected chi connectivity index (χ4v) is 5.75. The van der Waals surface area contributed by atoms with Crippen molar-refractivity contribution < 1.29 is 28.6 Å². The summed E-state index contributed by atoms with van der Waals surface area (Å²) in [4.78, 5) is 25.7. The van der Waals surface area contributed by atoms with Gasteiger partial charge in [0, 0.05) is 24.8 Å². The SMILES string of the molecule is C[C@@H]1C[C@@H](O)C2=C(C[C@@H]3C[C@]2(C)C(=O)O3)[C@@]12C[C@@H](c1ccoc1)OC2=O. The Labute approximate surface area is 151 Å². The number of aliphatic hydroxyl groups excluding tert-OH is 1. The third-order valence-corrected chi connectivity index (χ3v) is 7.04. The van der Waals surface area contributed by atoms with Crippen molar-refractivity contribution in [2.24, 2.45) is 16.7 Å². The maximum atomic E-state index is 13.2. The molecule has 6 nitrogen and oxygen atoms in total. The maximum Gasteiger partial charge on any atom is 0.317 e. The molecule has 0 unspecified atom stereocenters. The molecular weight excluding hydrogens is 336 g/mol. The Balaban J connectivity index is 1.67. The quantitative estimate of drug-likeness (QED) is 0.614. The Morgan fingerprint density at radius 1 is 1.19 bits per heavy atom. The number of esters is 2. The van der Waals surface area contributed by atoms with Crippen LogP contribution in [0, 0.1) is 16.7 Å². The number of aliphatic hydroxyl groups is 1. The number of hydrogen-bond donors (Lipinski definition) is 1. The number of carbonyl (C=O) groups is 2. The molecule has 138 valence electrons. The predicted molar refractivity (Wildman–Crippen MR) is 88.6 cm³/mol. The van der Waals surface area contributed by atoms with Crippen molar-refractivity contribution in [2.75, 3.05) is 0 Å². The van der Waals surface area contributed by atoms with Crippen LogP contribution in [0.2, 0.25) is 0 Å². The van der Waals surface area contributed by atoms with E-state index in [-0.39, 0.29) is 30.1 Å². The molecule has 1 aromatic rings. The largest absolute Gasteiger partial charge is 0.472 e. The molecule has 1 N–H and O–H groups in total. The van der Waals surface area contributed by atoms with Gasteiger partial charge in [0.2, 0.25) is 0 Å². The summed E-state index contributed by atoms with van der Waals surface area (Å²) in [5.41, 5.74) is 0.792. The first-order valence-electron chi connectivity index (χ1n) is 9.22. The van der Waals surface area contributed by atoms with Gasteiger partial charge in [-0.05, 0) is 36.5 Å². The highest BCUT2D eigenvalue weighted by Crippen LogP contribution is 2.63. The summed E-state index contributed by atoms with van der Waals surface area (Å²) in [5.74, 6) is -0.612. The molecular formula is C20H22O6. The van der Waals surface area contributed by atoms with E-state index in [9.17, 15) is 14.7 Å². The van der Waals surface area contributed by atoms with Crippen LogP contribution >= 0.6 is 0 Å². The highest BCUT2D eigenvalue weighted by Gasteiger charge is 2.65. The zero-order chi connectivity index (χ0) is 18.3. The Kier molecular flexibility index (Phi) is 3.10. The van der Waals surface area contributed by atoms with E-state index in [0.29, 0.717) is 31.3 Å². The van der Waals surface area contributed by atoms with Crippen molar-refractivity contribution >= 4 is 11.9 Å². The van der Waals surface area contributed by atoms with E-state index in [1.807, 2.05) is 19.9 Å². The van der Waals surface area contributed by atoms with Gasteiger partial charge in [-0.1, -0.05) is 6.92 Å². The van der Waals surface area contributed by atoms with Gasteiger partial charge < -0.3 is 19.0 Å². The average Bonchev–Trinajstić information content (AvgIpc) is 3.25. The maximum absolute atomic E-state index is 13.2. The van der Waals surface area contributed by atoms with Crippen LogP contribution in [-0.4, -0.2) is 29.3 Å². The lowest BCUT2D eigenvalue weighted by Gasteiger charge is -2.47. The number of carbonyl (C=O) groups excluding carboxylic acids is 2. The predicted octanol–water partition coefficient (Wildman–Crippen LogP) is 2.68. The molecule has 5 rings (SSSR count). The van der Waals surface area contributed by atoms with E-state index < -0.39 is 16.9 Å². The monoisotopic (exact) mass is 358 g/mol. The topological polar surface area (TPSA) is 86.0 Å². The lowest BCUT2D eigenvalue weighted by atomic mass is 9.54. The molecule has 2 fully saturated rings. The zero-order valence-corrected chi connectivity index (χ0v) is 14.9. The van der Waals surface area contributed by atoms with Crippen LogP contribution in [0.3, 0.4) is 0 Å². The molecule has 0 radical (unpaired) electrons. The van der Waals surface area contributed by atoms with Crippen LogP contribution in [0.1, 0.15) is 51.2 Å². The number of fused-ring (bicyclic) bond motifs is 4. The highest BCUT2D eigenvalue weighted by atomic mass is 16.6. The minimum Gasteiger partial charge on any atom is -0.472 e. The van der Waals surface area contributed by atoms with Crippen molar-refractivity contribution in [3.8, 4) is 0 Å². The number of cyclic esters (lactones) is 1. The third kappa shape index (κ3) is 1.80. The molecule has 1 aromatic heterocycles. The number of rotatable bonds is 1. The van der Waals surface area contributed by atoms with Crippen LogP contribution in [-0.2, 0) is 19.1 Å². The summed E-state index contributed by atoms with van der Waals surface area (Å²) in [6.45, 7) is 3.83. The fraction of sp³-hybridized carbons (Fsp3) is 0.600. The van der Waals surface area contributed by atoms with Gasteiger partial charge in [-0.25, -0.2) is 0 Å². The van der Waals surface area contributed by atoms with Crippen molar-refractivity contribution in [3.05, 3.63) is 35.3 Å². The van der Waals surface area contributed by atoms with E-state index in [0.717, 1.165) is 11.1 Å².